The molecule has 1 atom stereocenters. The number of carbonyl (C=O) groups is 1. The molecule has 0 saturated carbocycles. The molecule has 1 unspecified atom stereocenters. The van der Waals surface area contributed by atoms with Crippen molar-refractivity contribution in [2.75, 3.05) is 6.54 Å². The van der Waals surface area contributed by atoms with Gasteiger partial charge in [0.25, 0.3) is 0 Å². The van der Waals surface area contributed by atoms with Crippen LogP contribution in [0.15, 0.2) is 54.6 Å². The van der Waals surface area contributed by atoms with Crippen LogP contribution < -0.4 is 5.32 Å². The van der Waals surface area contributed by atoms with Crippen LogP contribution in [0, 0.1) is 5.82 Å². The lowest BCUT2D eigenvalue weighted by atomic mass is 10.1. The Morgan fingerprint density at radius 1 is 1.10 bits per heavy atom. The highest BCUT2D eigenvalue weighted by Gasteiger charge is 2.18. The average Bonchev–Trinajstić information content (AvgIpc) is 2.46. The van der Waals surface area contributed by atoms with E-state index in [1.54, 1.807) is 42.5 Å². The summed E-state index contributed by atoms with van der Waals surface area (Å²) in [4.78, 5) is 11.3. The van der Waals surface area contributed by atoms with Crippen LogP contribution >= 0.6 is 0 Å². The molecule has 2 rings (SSSR count). The second kappa shape index (κ2) is 6.82. The fraction of sp³-hybridized carbons (Fsp3) is 0.188. The highest BCUT2D eigenvalue weighted by atomic mass is 19.1. The van der Waals surface area contributed by atoms with Crippen LogP contribution in [0.4, 0.5) is 4.39 Å². The molecule has 3 nitrogen and oxygen atoms in total. The minimum atomic E-state index is -0.940. The summed E-state index contributed by atoms with van der Waals surface area (Å²) in [5.41, 5.74) is 1.27. The van der Waals surface area contributed by atoms with Crippen molar-refractivity contribution < 1.29 is 14.3 Å². The van der Waals surface area contributed by atoms with Gasteiger partial charge < -0.3 is 10.4 Å². The quantitative estimate of drug-likeness (QED) is 0.851. The first-order valence-electron chi connectivity index (χ1n) is 6.43. The Kier molecular flexibility index (Phi) is 4.85. The van der Waals surface area contributed by atoms with Gasteiger partial charge in [0.05, 0.1) is 0 Å². The van der Waals surface area contributed by atoms with Crippen LogP contribution in [0.1, 0.15) is 17.2 Å². The molecule has 0 radical (unpaired) electrons. The molecule has 20 heavy (non-hydrogen) atoms. The van der Waals surface area contributed by atoms with Gasteiger partial charge in [0, 0.05) is 6.54 Å². The van der Waals surface area contributed by atoms with Crippen molar-refractivity contribution in [2.45, 2.75) is 12.5 Å². The predicted molar refractivity (Wildman–Crippen MR) is 74.9 cm³/mol. The van der Waals surface area contributed by atoms with E-state index in [4.69, 9.17) is 0 Å². The summed E-state index contributed by atoms with van der Waals surface area (Å²) in [6, 6.07) is 14.7. The minimum absolute atomic E-state index is 0.263. The summed E-state index contributed by atoms with van der Waals surface area (Å²) < 4.78 is 13.5. The number of hydrogen-bond donors (Lipinski definition) is 2. The lowest BCUT2D eigenvalue weighted by molar-refractivity contribution is -0.139. The standard InChI is InChI=1S/C16H16FNO2/c17-14-9-5-4-6-12(14)10-11-18-15(16(19)20)13-7-2-1-3-8-13/h1-9,15,18H,10-11H2,(H,19,20). The summed E-state index contributed by atoms with van der Waals surface area (Å²) in [5.74, 6) is -1.20. The Labute approximate surface area is 117 Å². The van der Waals surface area contributed by atoms with Crippen molar-refractivity contribution in [3.05, 3.63) is 71.5 Å². The zero-order chi connectivity index (χ0) is 14.4. The van der Waals surface area contributed by atoms with Crippen molar-refractivity contribution in [1.29, 1.82) is 0 Å². The topological polar surface area (TPSA) is 49.3 Å². The maximum Gasteiger partial charge on any atom is 0.325 e. The summed E-state index contributed by atoms with van der Waals surface area (Å²) >= 11 is 0. The number of hydrogen-bond acceptors (Lipinski definition) is 2. The van der Waals surface area contributed by atoms with E-state index in [2.05, 4.69) is 5.32 Å². The molecule has 104 valence electrons. The summed E-state index contributed by atoms with van der Waals surface area (Å²) in [6.07, 6.45) is 0.448. The maximum atomic E-state index is 13.5. The van der Waals surface area contributed by atoms with Crippen molar-refractivity contribution in [3.8, 4) is 0 Å². The Hall–Kier alpha value is -2.20. The molecule has 2 aromatic carbocycles. The van der Waals surface area contributed by atoms with Crippen molar-refractivity contribution >= 4 is 5.97 Å². The SMILES string of the molecule is O=C(O)C(NCCc1ccccc1F)c1ccccc1. The second-order valence-electron chi connectivity index (χ2n) is 4.48. The van der Waals surface area contributed by atoms with Crippen molar-refractivity contribution in [2.24, 2.45) is 0 Å². The van der Waals surface area contributed by atoms with Gasteiger partial charge in [-0.25, -0.2) is 4.39 Å². The van der Waals surface area contributed by atoms with Crippen LogP contribution in [0.2, 0.25) is 0 Å². The van der Waals surface area contributed by atoms with Gasteiger partial charge in [-0.3, -0.25) is 4.79 Å². The number of carboxylic acid groups (broad SMARTS) is 1. The van der Waals surface area contributed by atoms with Crippen LogP contribution in [0.3, 0.4) is 0 Å². The van der Waals surface area contributed by atoms with Gasteiger partial charge in [0.15, 0.2) is 0 Å². The Morgan fingerprint density at radius 2 is 1.75 bits per heavy atom. The lowest BCUT2D eigenvalue weighted by Gasteiger charge is -2.14. The first-order valence-corrected chi connectivity index (χ1v) is 6.43. The van der Waals surface area contributed by atoms with Crippen molar-refractivity contribution in [1.82, 2.24) is 5.32 Å². The van der Waals surface area contributed by atoms with Gasteiger partial charge in [-0.15, -0.1) is 0 Å². The van der Waals surface area contributed by atoms with Crippen LogP contribution in [0.5, 0.6) is 0 Å². The highest BCUT2D eigenvalue weighted by Crippen LogP contribution is 2.13. The van der Waals surface area contributed by atoms with E-state index in [-0.39, 0.29) is 5.82 Å². The molecular weight excluding hydrogens is 257 g/mol. The van der Waals surface area contributed by atoms with E-state index >= 15 is 0 Å². The third kappa shape index (κ3) is 3.65. The largest absolute Gasteiger partial charge is 0.480 e. The fourth-order valence-electron chi connectivity index (χ4n) is 2.05. The number of benzene rings is 2. The van der Waals surface area contributed by atoms with Crippen LogP contribution in [-0.2, 0) is 11.2 Å². The Bertz CT molecular complexity index is 572. The molecule has 0 fully saturated rings. The van der Waals surface area contributed by atoms with E-state index in [1.807, 2.05) is 6.07 Å². The molecule has 4 heteroatoms. The molecule has 0 spiro atoms. The molecule has 2 N–H and O–H groups in total. The molecular formula is C16H16FNO2. The number of rotatable bonds is 6. The Morgan fingerprint density at radius 3 is 2.40 bits per heavy atom. The van der Waals surface area contributed by atoms with Gasteiger partial charge in [-0.05, 0) is 23.6 Å². The lowest BCUT2D eigenvalue weighted by Crippen LogP contribution is -2.30. The smallest absolute Gasteiger partial charge is 0.325 e. The highest BCUT2D eigenvalue weighted by molar-refractivity contribution is 5.75. The molecule has 0 aliphatic carbocycles. The van der Waals surface area contributed by atoms with E-state index < -0.39 is 12.0 Å². The number of aliphatic carboxylic acids is 1. The zero-order valence-corrected chi connectivity index (χ0v) is 10.9. The summed E-state index contributed by atoms with van der Waals surface area (Å²) in [7, 11) is 0. The van der Waals surface area contributed by atoms with Crippen LogP contribution in [-0.4, -0.2) is 17.6 Å². The first kappa shape index (κ1) is 14.2. The van der Waals surface area contributed by atoms with E-state index in [1.165, 1.54) is 6.07 Å². The monoisotopic (exact) mass is 273 g/mol. The fourth-order valence-corrected chi connectivity index (χ4v) is 2.05. The summed E-state index contributed by atoms with van der Waals surface area (Å²) in [6.45, 7) is 0.396. The van der Waals surface area contributed by atoms with Crippen molar-refractivity contribution in [3.63, 3.8) is 0 Å². The van der Waals surface area contributed by atoms with Gasteiger partial charge in [-0.1, -0.05) is 48.5 Å². The van der Waals surface area contributed by atoms with Gasteiger partial charge in [-0.2, -0.15) is 0 Å². The number of halogens is 1. The number of carboxylic acids is 1. The molecule has 2 aromatic rings. The van der Waals surface area contributed by atoms with Crippen LogP contribution in [0.25, 0.3) is 0 Å². The van der Waals surface area contributed by atoms with Gasteiger partial charge in [0.2, 0.25) is 0 Å². The van der Waals surface area contributed by atoms with E-state index in [0.717, 1.165) is 0 Å². The zero-order valence-electron chi connectivity index (χ0n) is 10.9. The number of nitrogens with one attached hydrogen (secondary N) is 1. The normalized spacial score (nSPS) is 12.1. The third-order valence-electron chi connectivity index (χ3n) is 3.08. The first-order chi connectivity index (χ1) is 9.68. The van der Waals surface area contributed by atoms with Gasteiger partial charge in [0.1, 0.15) is 11.9 Å². The molecule has 0 bridgehead atoms. The average molecular weight is 273 g/mol. The molecule has 0 aliphatic heterocycles. The molecule has 0 amide bonds. The third-order valence-corrected chi connectivity index (χ3v) is 3.08. The maximum absolute atomic E-state index is 13.5. The molecule has 0 aliphatic rings. The Balaban J connectivity index is 1.97. The van der Waals surface area contributed by atoms with Gasteiger partial charge >= 0.3 is 5.97 Å². The molecule has 0 saturated heterocycles. The summed E-state index contributed by atoms with van der Waals surface area (Å²) in [5, 5.41) is 12.2. The molecule has 0 aromatic heterocycles. The van der Waals surface area contributed by atoms with E-state index in [0.29, 0.717) is 24.1 Å². The minimum Gasteiger partial charge on any atom is -0.480 e. The van der Waals surface area contributed by atoms with E-state index in [9.17, 15) is 14.3 Å². The predicted octanol–water partition coefficient (Wildman–Crippen LogP) is 2.78. The second-order valence-corrected chi connectivity index (χ2v) is 4.48. The molecule has 0 heterocycles.